The summed E-state index contributed by atoms with van der Waals surface area (Å²) in [7, 11) is 2.28. The van der Waals surface area contributed by atoms with Crippen molar-refractivity contribution >= 4 is 18.0 Å². The van der Waals surface area contributed by atoms with E-state index in [-0.39, 0.29) is 12.0 Å². The Balaban J connectivity index is 2.73. The number of ether oxygens (including phenoxy) is 3. The first-order chi connectivity index (χ1) is 11.5. The Kier molecular flexibility index (Phi) is 7.97. The zero-order valence-corrected chi connectivity index (χ0v) is 13.3. The van der Waals surface area contributed by atoms with Gasteiger partial charge in [-0.15, -0.1) is 0 Å². The van der Waals surface area contributed by atoms with Gasteiger partial charge >= 0.3 is 18.0 Å². The molecule has 0 saturated heterocycles. The van der Waals surface area contributed by atoms with E-state index in [0.717, 1.165) is 13.2 Å². The number of hydrogen-bond acceptors (Lipinski definition) is 6. The van der Waals surface area contributed by atoms with E-state index in [1.807, 2.05) is 0 Å². The minimum absolute atomic E-state index is 0.285. The highest BCUT2D eigenvalue weighted by Gasteiger charge is 2.20. The quantitative estimate of drug-likeness (QED) is 0.603. The molecule has 0 aliphatic rings. The summed E-state index contributed by atoms with van der Waals surface area (Å²) in [6.45, 7) is -0.466. The number of halogens is 1. The normalized spacial score (nSPS) is 12.0. The molecule has 1 aromatic carbocycles. The molecular formula is C16H18FNO6. The predicted octanol–water partition coefficient (Wildman–Crippen LogP) is 1.98. The summed E-state index contributed by atoms with van der Waals surface area (Å²) in [5, 5.41) is 2.18. The number of benzene rings is 1. The standard InChI is InChI=1S/C16H18FNO6/c1-22-14(19)9-8-12(17)13(18-16(21)23-2)10-24-15(20)11-6-4-3-5-7-11/h3-8,13H,9-10H2,1-2H3,(H,18,21)/b12-8-. The van der Waals surface area contributed by atoms with Gasteiger partial charge in [0.1, 0.15) is 18.5 Å². The van der Waals surface area contributed by atoms with E-state index in [1.54, 1.807) is 18.2 Å². The van der Waals surface area contributed by atoms with E-state index in [0.29, 0.717) is 0 Å². The van der Waals surface area contributed by atoms with Crippen LogP contribution in [0.15, 0.2) is 42.2 Å². The minimum Gasteiger partial charge on any atom is -0.469 e. The Bertz CT molecular complexity index is 602. The summed E-state index contributed by atoms with van der Waals surface area (Å²) in [5.41, 5.74) is 0.285. The van der Waals surface area contributed by atoms with Gasteiger partial charge in [-0.1, -0.05) is 18.2 Å². The minimum atomic E-state index is -1.28. The second-order valence-corrected chi connectivity index (χ2v) is 4.52. The number of alkyl carbamates (subject to hydrolysis) is 1. The largest absolute Gasteiger partial charge is 0.469 e. The zero-order valence-electron chi connectivity index (χ0n) is 13.3. The summed E-state index contributed by atoms with van der Waals surface area (Å²) in [4.78, 5) is 34.2. The van der Waals surface area contributed by atoms with Gasteiger partial charge in [-0.3, -0.25) is 4.79 Å². The van der Waals surface area contributed by atoms with Crippen LogP contribution in [0.25, 0.3) is 0 Å². The molecule has 1 atom stereocenters. The van der Waals surface area contributed by atoms with E-state index in [9.17, 15) is 18.8 Å². The summed E-state index contributed by atoms with van der Waals surface area (Å²) in [5.74, 6) is -2.18. The molecule has 130 valence electrons. The van der Waals surface area contributed by atoms with Crippen LogP contribution in [0.3, 0.4) is 0 Å². The third-order valence-electron chi connectivity index (χ3n) is 2.89. The van der Waals surface area contributed by atoms with Gasteiger partial charge in [-0.05, 0) is 18.2 Å². The van der Waals surface area contributed by atoms with Crippen molar-refractivity contribution in [2.24, 2.45) is 0 Å². The maximum absolute atomic E-state index is 14.1. The van der Waals surface area contributed by atoms with E-state index in [4.69, 9.17) is 4.74 Å². The second-order valence-electron chi connectivity index (χ2n) is 4.52. The highest BCUT2D eigenvalue weighted by atomic mass is 19.1. The molecule has 0 bridgehead atoms. The van der Waals surface area contributed by atoms with Gasteiger partial charge in [0, 0.05) is 0 Å². The highest BCUT2D eigenvalue weighted by molar-refractivity contribution is 5.89. The summed E-state index contributed by atoms with van der Waals surface area (Å²) < 4.78 is 27.9. The first-order valence-electron chi connectivity index (χ1n) is 6.97. The number of amides is 1. The van der Waals surface area contributed by atoms with Crippen molar-refractivity contribution in [2.75, 3.05) is 20.8 Å². The van der Waals surface area contributed by atoms with Gasteiger partial charge in [-0.2, -0.15) is 0 Å². The average Bonchev–Trinajstić information content (AvgIpc) is 2.62. The number of methoxy groups -OCH3 is 2. The molecule has 0 aliphatic heterocycles. The number of esters is 2. The van der Waals surface area contributed by atoms with Crippen molar-refractivity contribution in [2.45, 2.75) is 12.5 Å². The Morgan fingerprint density at radius 3 is 2.42 bits per heavy atom. The lowest BCUT2D eigenvalue weighted by Gasteiger charge is -2.16. The average molecular weight is 339 g/mol. The molecule has 0 aliphatic carbocycles. The molecule has 0 heterocycles. The molecule has 0 fully saturated rings. The number of nitrogens with one attached hydrogen (secondary N) is 1. The SMILES string of the molecule is COC(=O)C/C=C(\F)C(COC(=O)c1ccccc1)NC(=O)OC. The lowest BCUT2D eigenvalue weighted by Crippen LogP contribution is -2.39. The van der Waals surface area contributed by atoms with Crippen LogP contribution < -0.4 is 5.32 Å². The number of hydrogen-bond donors (Lipinski definition) is 1. The Morgan fingerprint density at radius 2 is 1.83 bits per heavy atom. The van der Waals surface area contributed by atoms with Crippen LogP contribution in [0.2, 0.25) is 0 Å². The molecule has 0 radical (unpaired) electrons. The topological polar surface area (TPSA) is 90.9 Å². The number of rotatable bonds is 7. The monoisotopic (exact) mass is 339 g/mol. The maximum atomic E-state index is 14.1. The Morgan fingerprint density at radius 1 is 1.17 bits per heavy atom. The molecule has 0 saturated carbocycles. The molecule has 1 amide bonds. The van der Waals surface area contributed by atoms with Crippen LogP contribution in [-0.4, -0.2) is 44.9 Å². The summed E-state index contributed by atoms with van der Waals surface area (Å²) in [6.07, 6.45) is -0.297. The Labute approximate surface area is 138 Å². The van der Waals surface area contributed by atoms with Crippen LogP contribution in [0.4, 0.5) is 9.18 Å². The smallest absolute Gasteiger partial charge is 0.407 e. The highest BCUT2D eigenvalue weighted by Crippen LogP contribution is 2.09. The molecule has 0 spiro atoms. The van der Waals surface area contributed by atoms with Crippen molar-refractivity contribution in [3.63, 3.8) is 0 Å². The lowest BCUT2D eigenvalue weighted by atomic mass is 10.2. The fourth-order valence-electron chi connectivity index (χ4n) is 1.61. The molecule has 8 heteroatoms. The molecule has 1 aromatic rings. The molecule has 7 nitrogen and oxygen atoms in total. The predicted molar refractivity (Wildman–Crippen MR) is 81.9 cm³/mol. The van der Waals surface area contributed by atoms with Gasteiger partial charge in [0.05, 0.1) is 26.2 Å². The van der Waals surface area contributed by atoms with Gasteiger partial charge in [0.2, 0.25) is 0 Å². The number of carbonyl (C=O) groups is 3. The first-order valence-corrected chi connectivity index (χ1v) is 6.97. The van der Waals surface area contributed by atoms with Crippen LogP contribution in [0.5, 0.6) is 0 Å². The van der Waals surface area contributed by atoms with Crippen molar-refractivity contribution < 1.29 is 33.0 Å². The van der Waals surface area contributed by atoms with Crippen LogP contribution in [-0.2, 0) is 19.0 Å². The third kappa shape index (κ3) is 6.47. The van der Waals surface area contributed by atoms with Crippen LogP contribution in [0.1, 0.15) is 16.8 Å². The molecule has 1 rings (SSSR count). The van der Waals surface area contributed by atoms with Gasteiger partial charge < -0.3 is 19.5 Å². The third-order valence-corrected chi connectivity index (χ3v) is 2.89. The fourth-order valence-corrected chi connectivity index (χ4v) is 1.61. The van der Waals surface area contributed by atoms with Crippen molar-refractivity contribution in [3.8, 4) is 0 Å². The summed E-state index contributed by atoms with van der Waals surface area (Å²) >= 11 is 0. The second kappa shape index (κ2) is 9.98. The summed E-state index contributed by atoms with van der Waals surface area (Å²) in [6, 6.07) is 6.82. The fraction of sp³-hybridized carbons (Fsp3) is 0.312. The van der Waals surface area contributed by atoms with E-state index in [2.05, 4.69) is 14.8 Å². The van der Waals surface area contributed by atoms with Crippen molar-refractivity contribution in [3.05, 3.63) is 47.8 Å². The van der Waals surface area contributed by atoms with Gasteiger partial charge in [0.15, 0.2) is 0 Å². The van der Waals surface area contributed by atoms with Gasteiger partial charge in [0.25, 0.3) is 0 Å². The molecule has 1 N–H and O–H groups in total. The van der Waals surface area contributed by atoms with E-state index < -0.39 is 36.5 Å². The zero-order chi connectivity index (χ0) is 17.9. The van der Waals surface area contributed by atoms with Crippen molar-refractivity contribution in [1.82, 2.24) is 5.32 Å². The molecule has 24 heavy (non-hydrogen) atoms. The molecule has 0 aromatic heterocycles. The van der Waals surface area contributed by atoms with Crippen LogP contribution >= 0.6 is 0 Å². The lowest BCUT2D eigenvalue weighted by molar-refractivity contribution is -0.139. The maximum Gasteiger partial charge on any atom is 0.407 e. The van der Waals surface area contributed by atoms with Crippen molar-refractivity contribution in [1.29, 1.82) is 0 Å². The van der Waals surface area contributed by atoms with Gasteiger partial charge in [-0.25, -0.2) is 14.0 Å². The molecule has 1 unspecified atom stereocenters. The Hall–Kier alpha value is -2.90. The van der Waals surface area contributed by atoms with Crippen LogP contribution in [0, 0.1) is 0 Å². The van der Waals surface area contributed by atoms with E-state index in [1.165, 1.54) is 19.2 Å². The number of carbonyl (C=O) groups excluding carboxylic acids is 3. The molecular weight excluding hydrogens is 321 g/mol. The first kappa shape index (κ1) is 19.1. The van der Waals surface area contributed by atoms with E-state index >= 15 is 0 Å².